The molecular formula is C19H25N5O. The van der Waals surface area contributed by atoms with Crippen LogP contribution in [0.5, 0.6) is 0 Å². The fraction of sp³-hybridized carbons (Fsp3) is 0.368. The fourth-order valence-corrected chi connectivity index (χ4v) is 3.05. The highest BCUT2D eigenvalue weighted by molar-refractivity contribution is 5.86. The van der Waals surface area contributed by atoms with E-state index in [0.717, 1.165) is 36.0 Å². The molecule has 25 heavy (non-hydrogen) atoms. The molecule has 0 aliphatic carbocycles. The number of nitrogen functional groups attached to an aromatic ring is 1. The first-order valence-electron chi connectivity index (χ1n) is 8.64. The summed E-state index contributed by atoms with van der Waals surface area (Å²) in [7, 11) is 0. The van der Waals surface area contributed by atoms with Gasteiger partial charge in [0.15, 0.2) is 5.82 Å². The number of rotatable bonds is 8. The van der Waals surface area contributed by atoms with Crippen LogP contribution in [0.15, 0.2) is 42.9 Å². The van der Waals surface area contributed by atoms with Crippen LogP contribution in [0.1, 0.15) is 24.5 Å². The summed E-state index contributed by atoms with van der Waals surface area (Å²) in [6, 6.07) is 10.4. The summed E-state index contributed by atoms with van der Waals surface area (Å²) < 4.78 is 0. The molecule has 0 saturated heterocycles. The number of hydrogen-bond donors (Lipinski definition) is 4. The highest BCUT2D eigenvalue weighted by Crippen LogP contribution is 2.19. The van der Waals surface area contributed by atoms with Crippen LogP contribution in [-0.2, 0) is 13.0 Å². The van der Waals surface area contributed by atoms with Crippen molar-refractivity contribution in [2.45, 2.75) is 32.4 Å². The average molecular weight is 339 g/mol. The van der Waals surface area contributed by atoms with Gasteiger partial charge in [0.2, 0.25) is 0 Å². The van der Waals surface area contributed by atoms with Gasteiger partial charge in [0.05, 0.1) is 11.6 Å². The summed E-state index contributed by atoms with van der Waals surface area (Å²) in [4.78, 5) is 11.4. The number of aryl methyl sites for hydroxylation is 1. The maximum Gasteiger partial charge on any atom is 0.151 e. The van der Waals surface area contributed by atoms with Crippen LogP contribution in [0.25, 0.3) is 11.0 Å². The number of aromatic amines is 1. The average Bonchev–Trinajstić information content (AvgIpc) is 3.03. The Labute approximate surface area is 147 Å². The van der Waals surface area contributed by atoms with Crippen LogP contribution in [0.4, 0.5) is 5.82 Å². The Bertz CT molecular complexity index is 800. The Hall–Kier alpha value is -2.44. The van der Waals surface area contributed by atoms with E-state index in [2.05, 4.69) is 44.5 Å². The van der Waals surface area contributed by atoms with Crippen LogP contribution in [0.3, 0.4) is 0 Å². The Balaban J connectivity index is 1.55. The zero-order valence-corrected chi connectivity index (χ0v) is 14.4. The van der Waals surface area contributed by atoms with E-state index in [1.54, 1.807) is 0 Å². The molecule has 1 aromatic carbocycles. The number of H-pyrrole nitrogens is 1. The quantitative estimate of drug-likeness (QED) is 0.504. The Morgan fingerprint density at radius 2 is 2.04 bits per heavy atom. The molecule has 0 fully saturated rings. The van der Waals surface area contributed by atoms with E-state index in [4.69, 9.17) is 5.73 Å². The number of nitrogens with two attached hydrogens (primary N) is 1. The number of benzene rings is 1. The first-order chi connectivity index (χ1) is 12.1. The second-order valence-electron chi connectivity index (χ2n) is 6.45. The topological polar surface area (TPSA) is 99.8 Å². The Morgan fingerprint density at radius 1 is 1.24 bits per heavy atom. The van der Waals surface area contributed by atoms with Crippen LogP contribution in [0.2, 0.25) is 0 Å². The molecule has 0 saturated carbocycles. The number of fused-ring (bicyclic) bond motifs is 1. The molecule has 3 rings (SSSR count). The molecule has 0 radical (unpaired) electrons. The van der Waals surface area contributed by atoms with Crippen molar-refractivity contribution >= 4 is 16.9 Å². The second kappa shape index (κ2) is 8.09. The Morgan fingerprint density at radius 3 is 2.80 bits per heavy atom. The van der Waals surface area contributed by atoms with Gasteiger partial charge in [0.1, 0.15) is 11.8 Å². The molecule has 3 aromatic rings. The normalized spacial score (nSPS) is 13.8. The molecule has 1 unspecified atom stereocenters. The number of hydrogen-bond acceptors (Lipinski definition) is 5. The molecule has 2 aromatic heterocycles. The fourth-order valence-electron chi connectivity index (χ4n) is 3.05. The Kier molecular flexibility index (Phi) is 5.63. The molecule has 6 nitrogen and oxygen atoms in total. The highest BCUT2D eigenvalue weighted by Gasteiger charge is 2.15. The second-order valence-corrected chi connectivity index (χ2v) is 6.45. The van der Waals surface area contributed by atoms with E-state index in [0.29, 0.717) is 12.4 Å². The standard InChI is InChI=1S/C19H25N5O/c1-13(25)15(8-7-14-5-3-2-4-6-14)9-21-10-16-11-22-18-17(16)23-12-24-19(18)20/h2-6,11-13,15,21-22,25H,7-10H2,1H3,(H2,20,23,24)/t13-,15?/m1/s1. The molecule has 5 N–H and O–H groups in total. The number of aliphatic hydroxyl groups excluding tert-OH is 1. The third-order valence-corrected chi connectivity index (χ3v) is 4.62. The third-order valence-electron chi connectivity index (χ3n) is 4.62. The van der Waals surface area contributed by atoms with E-state index in [-0.39, 0.29) is 12.0 Å². The lowest BCUT2D eigenvalue weighted by Crippen LogP contribution is -2.30. The summed E-state index contributed by atoms with van der Waals surface area (Å²) in [5.74, 6) is 0.658. The van der Waals surface area contributed by atoms with Crippen molar-refractivity contribution in [3.63, 3.8) is 0 Å². The van der Waals surface area contributed by atoms with Crippen LogP contribution in [-0.4, -0.2) is 32.7 Å². The lowest BCUT2D eigenvalue weighted by molar-refractivity contribution is 0.119. The van der Waals surface area contributed by atoms with Crippen LogP contribution >= 0.6 is 0 Å². The van der Waals surface area contributed by atoms with Gasteiger partial charge in [-0.3, -0.25) is 0 Å². The largest absolute Gasteiger partial charge is 0.393 e. The van der Waals surface area contributed by atoms with Crippen molar-refractivity contribution < 1.29 is 5.11 Å². The molecule has 6 heteroatoms. The molecule has 0 aliphatic rings. The molecule has 0 aliphatic heterocycles. The van der Waals surface area contributed by atoms with Crippen molar-refractivity contribution in [3.8, 4) is 0 Å². The predicted octanol–water partition coefficient (Wildman–Crippen LogP) is 2.26. The zero-order valence-electron chi connectivity index (χ0n) is 14.4. The zero-order chi connectivity index (χ0) is 17.6. The number of nitrogens with zero attached hydrogens (tertiary/aromatic N) is 2. The number of aliphatic hydroxyl groups is 1. The summed E-state index contributed by atoms with van der Waals surface area (Å²) in [6.45, 7) is 3.28. The maximum atomic E-state index is 10.1. The van der Waals surface area contributed by atoms with Gasteiger partial charge in [0.25, 0.3) is 0 Å². The maximum absolute atomic E-state index is 10.1. The van der Waals surface area contributed by atoms with Crippen LogP contribution < -0.4 is 11.1 Å². The number of nitrogens with one attached hydrogen (secondary N) is 2. The van der Waals surface area contributed by atoms with E-state index >= 15 is 0 Å². The molecule has 0 amide bonds. The molecule has 0 bridgehead atoms. The van der Waals surface area contributed by atoms with E-state index in [9.17, 15) is 5.11 Å². The smallest absolute Gasteiger partial charge is 0.151 e. The highest BCUT2D eigenvalue weighted by atomic mass is 16.3. The number of aromatic nitrogens is 3. The van der Waals surface area contributed by atoms with Gasteiger partial charge in [-0.25, -0.2) is 9.97 Å². The van der Waals surface area contributed by atoms with Gasteiger partial charge in [-0.2, -0.15) is 0 Å². The van der Waals surface area contributed by atoms with Crippen molar-refractivity contribution in [3.05, 3.63) is 54.0 Å². The molecular weight excluding hydrogens is 314 g/mol. The third kappa shape index (κ3) is 4.35. The van der Waals surface area contributed by atoms with Gasteiger partial charge in [-0.05, 0) is 31.2 Å². The number of anilines is 1. The minimum Gasteiger partial charge on any atom is -0.393 e. The van der Waals surface area contributed by atoms with Crippen molar-refractivity contribution in [1.29, 1.82) is 0 Å². The van der Waals surface area contributed by atoms with Crippen molar-refractivity contribution in [1.82, 2.24) is 20.3 Å². The monoisotopic (exact) mass is 339 g/mol. The summed E-state index contributed by atoms with van der Waals surface area (Å²) >= 11 is 0. The first-order valence-corrected chi connectivity index (χ1v) is 8.64. The molecule has 2 heterocycles. The van der Waals surface area contributed by atoms with E-state index < -0.39 is 0 Å². The van der Waals surface area contributed by atoms with Crippen molar-refractivity contribution in [2.75, 3.05) is 12.3 Å². The van der Waals surface area contributed by atoms with Gasteiger partial charge < -0.3 is 21.1 Å². The summed E-state index contributed by atoms with van der Waals surface area (Å²) in [6.07, 6.45) is 4.95. The van der Waals surface area contributed by atoms with E-state index in [1.165, 1.54) is 11.9 Å². The molecule has 2 atom stereocenters. The van der Waals surface area contributed by atoms with Gasteiger partial charge in [0, 0.05) is 24.8 Å². The minimum absolute atomic E-state index is 0.199. The predicted molar refractivity (Wildman–Crippen MR) is 99.9 cm³/mol. The van der Waals surface area contributed by atoms with Crippen molar-refractivity contribution in [2.24, 2.45) is 5.92 Å². The lowest BCUT2D eigenvalue weighted by Gasteiger charge is -2.20. The summed E-state index contributed by atoms with van der Waals surface area (Å²) in [5.41, 5.74) is 9.82. The summed E-state index contributed by atoms with van der Waals surface area (Å²) in [5, 5.41) is 13.5. The van der Waals surface area contributed by atoms with Gasteiger partial charge in [-0.1, -0.05) is 30.3 Å². The SMILES string of the molecule is C[C@@H](O)C(CCc1ccccc1)CNCc1c[nH]c2c(N)ncnc12. The lowest BCUT2D eigenvalue weighted by atomic mass is 9.95. The minimum atomic E-state index is -0.350. The first kappa shape index (κ1) is 17.4. The molecule has 132 valence electrons. The van der Waals surface area contributed by atoms with Crippen LogP contribution in [0, 0.1) is 5.92 Å². The molecule has 0 spiro atoms. The van der Waals surface area contributed by atoms with Gasteiger partial charge >= 0.3 is 0 Å². The van der Waals surface area contributed by atoms with Gasteiger partial charge in [-0.15, -0.1) is 0 Å². The van der Waals surface area contributed by atoms with E-state index in [1.807, 2.05) is 19.2 Å².